The summed E-state index contributed by atoms with van der Waals surface area (Å²) >= 11 is 0. The van der Waals surface area contributed by atoms with E-state index in [0.717, 1.165) is 37.9 Å². The summed E-state index contributed by atoms with van der Waals surface area (Å²) in [4.78, 5) is 9.26. The number of β-amino-alcohol motifs (C(OH)–C–C–N with tert-alkyl or cyclic N) is 1. The Morgan fingerprint density at radius 2 is 2.04 bits per heavy atom. The van der Waals surface area contributed by atoms with Crippen molar-refractivity contribution >= 4 is 0 Å². The zero-order valence-electron chi connectivity index (χ0n) is 14.7. The average molecular weight is 346 g/mol. The maximum Gasteiger partial charge on any atom is 0.243 e. The second-order valence-electron chi connectivity index (χ2n) is 7.16. The van der Waals surface area contributed by atoms with Crippen molar-refractivity contribution in [2.45, 2.75) is 44.4 Å². The van der Waals surface area contributed by atoms with E-state index in [1.807, 2.05) is 12.3 Å². The summed E-state index contributed by atoms with van der Waals surface area (Å²) in [5.41, 5.74) is 0. The summed E-state index contributed by atoms with van der Waals surface area (Å²) in [5, 5.41) is 18.5. The molecule has 0 bridgehead atoms. The number of hydrogen-bond acceptors (Lipinski definition) is 7. The van der Waals surface area contributed by atoms with Crippen LogP contribution in [0.5, 0.6) is 0 Å². The molecule has 1 saturated carbocycles. The van der Waals surface area contributed by atoms with Crippen molar-refractivity contribution in [3.8, 4) is 0 Å². The van der Waals surface area contributed by atoms with E-state index in [4.69, 9.17) is 4.52 Å². The summed E-state index contributed by atoms with van der Waals surface area (Å²) < 4.78 is 7.24. The molecule has 25 heavy (non-hydrogen) atoms. The third-order valence-electron chi connectivity index (χ3n) is 5.14. The van der Waals surface area contributed by atoms with Crippen LogP contribution < -0.4 is 0 Å². The molecule has 1 aliphatic carbocycles. The van der Waals surface area contributed by atoms with Crippen molar-refractivity contribution < 1.29 is 9.63 Å². The molecule has 0 amide bonds. The van der Waals surface area contributed by atoms with E-state index in [1.54, 1.807) is 10.9 Å². The normalized spacial score (nSPS) is 22.2. The molecular formula is C17H26N6O2. The van der Waals surface area contributed by atoms with Gasteiger partial charge < -0.3 is 9.63 Å². The van der Waals surface area contributed by atoms with E-state index < -0.39 is 6.10 Å². The molecule has 0 aromatic carbocycles. The van der Waals surface area contributed by atoms with Gasteiger partial charge in [-0.3, -0.25) is 14.5 Å². The minimum Gasteiger partial charge on any atom is -0.390 e. The van der Waals surface area contributed by atoms with Gasteiger partial charge in [-0.15, -0.1) is 0 Å². The maximum absolute atomic E-state index is 10.2. The van der Waals surface area contributed by atoms with Crippen molar-refractivity contribution in [3.63, 3.8) is 0 Å². The minimum absolute atomic E-state index is 0.149. The number of aliphatic hydroxyl groups is 1. The van der Waals surface area contributed by atoms with Gasteiger partial charge in [-0.05, 0) is 25.8 Å². The molecule has 2 aromatic heterocycles. The van der Waals surface area contributed by atoms with Gasteiger partial charge in [-0.1, -0.05) is 5.16 Å². The number of nitrogens with zero attached hydrogens (tertiary/aromatic N) is 6. The van der Waals surface area contributed by atoms with Gasteiger partial charge >= 0.3 is 0 Å². The van der Waals surface area contributed by atoms with Crippen molar-refractivity contribution in [1.82, 2.24) is 29.7 Å². The summed E-state index contributed by atoms with van der Waals surface area (Å²) in [7, 11) is 0. The zero-order chi connectivity index (χ0) is 17.2. The van der Waals surface area contributed by atoms with Crippen LogP contribution in [0.15, 0.2) is 23.0 Å². The number of rotatable bonds is 7. The molecule has 8 nitrogen and oxygen atoms in total. The van der Waals surface area contributed by atoms with Gasteiger partial charge in [0.2, 0.25) is 5.89 Å². The van der Waals surface area contributed by atoms with E-state index >= 15 is 0 Å². The Morgan fingerprint density at radius 1 is 1.24 bits per heavy atom. The highest BCUT2D eigenvalue weighted by atomic mass is 16.5. The van der Waals surface area contributed by atoms with E-state index in [1.165, 1.54) is 12.8 Å². The highest BCUT2D eigenvalue weighted by Gasteiger charge is 2.31. The topological polar surface area (TPSA) is 83.5 Å². The SMILES string of the molecule is C[C@H](c1nc(C2CC2)no1)N1CCN(C[C@H](O)Cn2cccn2)CC1. The molecule has 2 aromatic rings. The van der Waals surface area contributed by atoms with E-state index in [9.17, 15) is 5.11 Å². The maximum atomic E-state index is 10.2. The molecule has 3 heterocycles. The zero-order valence-corrected chi connectivity index (χ0v) is 14.7. The largest absolute Gasteiger partial charge is 0.390 e. The molecule has 0 spiro atoms. The molecule has 2 fully saturated rings. The number of aliphatic hydroxyl groups excluding tert-OH is 1. The lowest BCUT2D eigenvalue weighted by molar-refractivity contribution is 0.0459. The van der Waals surface area contributed by atoms with E-state index in [0.29, 0.717) is 19.0 Å². The van der Waals surface area contributed by atoms with Crippen LogP contribution in [0.4, 0.5) is 0 Å². The Labute approximate surface area is 147 Å². The summed E-state index contributed by atoms with van der Waals surface area (Å²) in [5.74, 6) is 2.13. The van der Waals surface area contributed by atoms with Crippen molar-refractivity contribution in [2.24, 2.45) is 0 Å². The quantitative estimate of drug-likeness (QED) is 0.797. The molecule has 4 rings (SSSR count). The Bertz CT molecular complexity index is 660. The Kier molecular flexibility index (Phi) is 4.82. The molecule has 136 valence electrons. The predicted octanol–water partition coefficient (Wildman–Crippen LogP) is 0.883. The fourth-order valence-corrected chi connectivity index (χ4v) is 3.39. The second-order valence-corrected chi connectivity index (χ2v) is 7.16. The van der Waals surface area contributed by atoms with Gasteiger partial charge in [0.05, 0.1) is 18.7 Å². The molecule has 0 unspecified atom stereocenters. The molecule has 0 radical (unpaired) electrons. The van der Waals surface area contributed by atoms with Crippen LogP contribution in [0.25, 0.3) is 0 Å². The number of hydrogen-bond donors (Lipinski definition) is 1. The third kappa shape index (κ3) is 4.08. The van der Waals surface area contributed by atoms with Gasteiger partial charge in [-0.25, -0.2) is 0 Å². The van der Waals surface area contributed by atoms with Crippen LogP contribution in [0.1, 0.15) is 43.4 Å². The molecule has 2 atom stereocenters. The van der Waals surface area contributed by atoms with Crippen LogP contribution in [-0.4, -0.2) is 73.7 Å². The molecule has 1 saturated heterocycles. The van der Waals surface area contributed by atoms with Gasteiger partial charge in [0.25, 0.3) is 0 Å². The van der Waals surface area contributed by atoms with Crippen LogP contribution in [0, 0.1) is 0 Å². The highest BCUT2D eigenvalue weighted by molar-refractivity contribution is 5.04. The number of piperazine rings is 1. The van der Waals surface area contributed by atoms with Crippen LogP contribution >= 0.6 is 0 Å². The molecule has 2 aliphatic rings. The predicted molar refractivity (Wildman–Crippen MR) is 90.9 cm³/mol. The van der Waals surface area contributed by atoms with Crippen molar-refractivity contribution in [1.29, 1.82) is 0 Å². The molecular weight excluding hydrogens is 320 g/mol. The first-order chi connectivity index (χ1) is 12.2. The first-order valence-corrected chi connectivity index (χ1v) is 9.14. The van der Waals surface area contributed by atoms with Crippen LogP contribution in [0.2, 0.25) is 0 Å². The van der Waals surface area contributed by atoms with Crippen LogP contribution in [-0.2, 0) is 6.54 Å². The molecule has 8 heteroatoms. The van der Waals surface area contributed by atoms with E-state index in [2.05, 4.69) is 32.0 Å². The summed E-state index contributed by atoms with van der Waals surface area (Å²) in [6, 6.07) is 2.02. The minimum atomic E-state index is -0.402. The highest BCUT2D eigenvalue weighted by Crippen LogP contribution is 2.38. The first-order valence-electron chi connectivity index (χ1n) is 9.14. The Balaban J connectivity index is 1.24. The molecule has 1 N–H and O–H groups in total. The van der Waals surface area contributed by atoms with Crippen molar-refractivity contribution in [3.05, 3.63) is 30.2 Å². The fraction of sp³-hybridized carbons (Fsp3) is 0.706. The first kappa shape index (κ1) is 16.7. The lowest BCUT2D eigenvalue weighted by Gasteiger charge is -2.37. The molecule has 1 aliphatic heterocycles. The summed E-state index contributed by atoms with van der Waals surface area (Å²) in [6.45, 7) is 7.10. The lowest BCUT2D eigenvalue weighted by atomic mass is 10.2. The van der Waals surface area contributed by atoms with Gasteiger partial charge in [0.15, 0.2) is 5.82 Å². The lowest BCUT2D eigenvalue weighted by Crippen LogP contribution is -2.49. The van der Waals surface area contributed by atoms with Gasteiger partial charge in [-0.2, -0.15) is 10.1 Å². The third-order valence-corrected chi connectivity index (χ3v) is 5.14. The average Bonchev–Trinajstić information content (AvgIpc) is 3.13. The fourth-order valence-electron chi connectivity index (χ4n) is 3.39. The second kappa shape index (κ2) is 7.23. The van der Waals surface area contributed by atoms with Crippen LogP contribution in [0.3, 0.4) is 0 Å². The Morgan fingerprint density at radius 3 is 2.72 bits per heavy atom. The van der Waals surface area contributed by atoms with Gasteiger partial charge in [0.1, 0.15) is 0 Å². The standard InChI is InChI=1S/C17H26N6O2/c1-13(17-19-16(20-25-17)14-3-4-14)22-9-7-21(8-10-22)11-15(24)12-23-6-2-5-18-23/h2,5-6,13-15,24H,3-4,7-12H2,1H3/t13-,15+/m1/s1. The number of aromatic nitrogens is 4. The van der Waals surface area contributed by atoms with Gasteiger partial charge in [0, 0.05) is 51.0 Å². The van der Waals surface area contributed by atoms with Crippen molar-refractivity contribution in [2.75, 3.05) is 32.7 Å². The monoisotopic (exact) mass is 346 g/mol. The summed E-state index contributed by atoms with van der Waals surface area (Å²) in [6.07, 6.45) is 5.59. The Hall–Kier alpha value is -1.77. The van der Waals surface area contributed by atoms with E-state index in [-0.39, 0.29) is 6.04 Å². The smallest absolute Gasteiger partial charge is 0.243 e.